The van der Waals surface area contributed by atoms with E-state index in [0.717, 1.165) is 0 Å². The summed E-state index contributed by atoms with van der Waals surface area (Å²) in [4.78, 5) is 2.45. The monoisotopic (exact) mass is 344 g/mol. The molecule has 3 aromatic rings. The summed E-state index contributed by atoms with van der Waals surface area (Å²) in [5.41, 5.74) is 1.39. The van der Waals surface area contributed by atoms with Crippen molar-refractivity contribution in [1.29, 1.82) is 0 Å². The second kappa shape index (κ2) is 6.86. The molecule has 0 radical (unpaired) electrons. The number of allylic oxidation sites excluding steroid dienone is 1. The number of benzene rings is 3. The minimum absolute atomic E-state index is 1.18. The van der Waals surface area contributed by atoms with Crippen molar-refractivity contribution in [2.75, 3.05) is 13.1 Å². The molecule has 1 aliphatic heterocycles. The van der Waals surface area contributed by atoms with E-state index in [1.807, 2.05) is 0 Å². The molecule has 1 heterocycles. The summed E-state index contributed by atoms with van der Waals surface area (Å²) < 4.78 is 0. The molecule has 0 unspecified atom stereocenters. The molecule has 0 bridgehead atoms. The average molecular weight is 344 g/mol. The average Bonchev–Trinajstić information content (AvgIpc) is 3.53. The first-order valence-corrected chi connectivity index (χ1v) is 10.7. The fourth-order valence-corrected chi connectivity index (χ4v) is 7.42. The van der Waals surface area contributed by atoms with Crippen LogP contribution in [0.2, 0.25) is 0 Å². The number of hydrogen-bond donors (Lipinski definition) is 0. The molecular weight excluding hydrogens is 321 g/mol. The third kappa shape index (κ3) is 3.13. The zero-order valence-electron chi connectivity index (χ0n) is 14.5. The van der Waals surface area contributed by atoms with Gasteiger partial charge < -0.3 is 4.90 Å². The van der Waals surface area contributed by atoms with Gasteiger partial charge in [-0.15, -0.1) is 0 Å². The molecule has 0 spiro atoms. The normalized spacial score (nSPS) is 14.4. The van der Waals surface area contributed by atoms with Crippen LogP contribution in [-0.2, 0) is 0 Å². The van der Waals surface area contributed by atoms with Crippen LogP contribution < -0.4 is 15.9 Å². The van der Waals surface area contributed by atoms with Gasteiger partial charge >= 0.3 is 0 Å². The van der Waals surface area contributed by atoms with Gasteiger partial charge in [0.2, 0.25) is 0 Å². The Morgan fingerprint density at radius 3 is 1.36 bits per heavy atom. The Labute approximate surface area is 151 Å². The van der Waals surface area contributed by atoms with E-state index in [2.05, 4.69) is 109 Å². The predicted octanol–water partition coefficient (Wildman–Crippen LogP) is 4.16. The van der Waals surface area contributed by atoms with Crippen LogP contribution in [0.15, 0.2) is 103 Å². The summed E-state index contributed by atoms with van der Waals surface area (Å²) in [5.74, 6) is 2.56. The Morgan fingerprint density at radius 1 is 0.680 bits per heavy atom. The van der Waals surface area contributed by atoms with Gasteiger partial charge in [0.1, 0.15) is 23.2 Å². The van der Waals surface area contributed by atoms with Gasteiger partial charge in [-0.25, -0.2) is 0 Å². The van der Waals surface area contributed by atoms with Crippen molar-refractivity contribution in [3.05, 3.63) is 103 Å². The van der Waals surface area contributed by atoms with E-state index >= 15 is 0 Å². The van der Waals surface area contributed by atoms with Crippen LogP contribution in [0.5, 0.6) is 0 Å². The molecule has 4 rings (SSSR count). The molecule has 0 aromatic heterocycles. The van der Waals surface area contributed by atoms with Crippen molar-refractivity contribution in [2.45, 2.75) is 6.92 Å². The lowest BCUT2D eigenvalue weighted by Gasteiger charge is -2.25. The fourth-order valence-electron chi connectivity index (χ4n) is 3.42. The highest BCUT2D eigenvalue weighted by Gasteiger charge is 2.44. The first-order chi connectivity index (χ1) is 12.3. The quantitative estimate of drug-likeness (QED) is 0.496. The number of nitrogens with zero attached hydrogens (tertiary/aromatic N) is 1. The molecule has 1 saturated heterocycles. The molecule has 124 valence electrons. The Bertz CT molecular complexity index is 756. The summed E-state index contributed by atoms with van der Waals surface area (Å²) in [6.07, 6.45) is 0. The summed E-state index contributed by atoms with van der Waals surface area (Å²) in [5, 5.41) is 4.23. The molecule has 0 aliphatic carbocycles. The van der Waals surface area contributed by atoms with Crippen LogP contribution in [0.1, 0.15) is 6.92 Å². The van der Waals surface area contributed by atoms with Gasteiger partial charge in [-0.2, -0.15) is 0 Å². The van der Waals surface area contributed by atoms with E-state index in [1.54, 1.807) is 0 Å². The zero-order chi connectivity index (χ0) is 17.1. The van der Waals surface area contributed by atoms with Gasteiger partial charge in [-0.05, 0) is 43.3 Å². The Balaban J connectivity index is 2.02. The summed E-state index contributed by atoms with van der Waals surface area (Å²) in [7, 11) is -1.83. The van der Waals surface area contributed by atoms with Crippen LogP contribution >= 0.6 is 7.26 Å². The zero-order valence-corrected chi connectivity index (χ0v) is 15.4. The SMILES string of the molecule is CC(=C[P+](c1ccccc1)(c1ccccc1)c1ccccc1)N1CC1. The third-order valence-electron chi connectivity index (χ3n) is 4.82. The first-order valence-electron chi connectivity index (χ1n) is 8.81. The Hall–Kier alpha value is -2.37. The highest BCUT2D eigenvalue weighted by molar-refractivity contribution is 7.98. The predicted molar refractivity (Wildman–Crippen MR) is 110 cm³/mol. The van der Waals surface area contributed by atoms with E-state index in [0.29, 0.717) is 0 Å². The van der Waals surface area contributed by atoms with Crippen LogP contribution in [0.25, 0.3) is 0 Å². The second-order valence-electron chi connectivity index (χ2n) is 6.49. The lowest BCUT2D eigenvalue weighted by Crippen LogP contribution is -2.30. The van der Waals surface area contributed by atoms with Crippen LogP contribution in [0.4, 0.5) is 0 Å². The smallest absolute Gasteiger partial charge is 0.138 e. The second-order valence-corrected chi connectivity index (χ2v) is 9.74. The van der Waals surface area contributed by atoms with Crippen molar-refractivity contribution in [1.82, 2.24) is 4.90 Å². The number of hydrogen-bond acceptors (Lipinski definition) is 1. The van der Waals surface area contributed by atoms with Crippen LogP contribution in [-0.4, -0.2) is 18.0 Å². The summed E-state index contributed by atoms with van der Waals surface area (Å²) >= 11 is 0. The summed E-state index contributed by atoms with van der Waals surface area (Å²) in [6, 6.07) is 33.0. The third-order valence-corrected chi connectivity index (χ3v) is 8.92. The van der Waals surface area contributed by atoms with Gasteiger partial charge in [0, 0.05) is 18.8 Å². The van der Waals surface area contributed by atoms with Crippen molar-refractivity contribution in [3.8, 4) is 0 Å². The van der Waals surface area contributed by atoms with Crippen LogP contribution in [0, 0.1) is 0 Å². The highest BCUT2D eigenvalue weighted by atomic mass is 31.2. The van der Waals surface area contributed by atoms with E-state index in [4.69, 9.17) is 0 Å². The van der Waals surface area contributed by atoms with E-state index < -0.39 is 7.26 Å². The van der Waals surface area contributed by atoms with Crippen molar-refractivity contribution in [3.63, 3.8) is 0 Å². The van der Waals surface area contributed by atoms with Crippen LogP contribution in [0.3, 0.4) is 0 Å². The van der Waals surface area contributed by atoms with E-state index in [-0.39, 0.29) is 0 Å². The van der Waals surface area contributed by atoms with Crippen molar-refractivity contribution in [2.24, 2.45) is 0 Å². The maximum absolute atomic E-state index is 2.56. The molecule has 2 heteroatoms. The fraction of sp³-hybridized carbons (Fsp3) is 0.130. The molecule has 0 saturated carbocycles. The molecule has 0 atom stereocenters. The lowest BCUT2D eigenvalue weighted by molar-refractivity contribution is 0.701. The molecule has 0 amide bonds. The molecule has 1 fully saturated rings. The Morgan fingerprint density at radius 2 is 1.04 bits per heavy atom. The van der Waals surface area contributed by atoms with E-state index in [9.17, 15) is 0 Å². The van der Waals surface area contributed by atoms with Gasteiger partial charge in [0.25, 0.3) is 0 Å². The van der Waals surface area contributed by atoms with Gasteiger partial charge in [-0.1, -0.05) is 54.6 Å². The van der Waals surface area contributed by atoms with Gasteiger partial charge in [-0.3, -0.25) is 0 Å². The molecule has 3 aromatic carbocycles. The highest BCUT2D eigenvalue weighted by Crippen LogP contribution is 2.57. The molecule has 1 nitrogen and oxygen atoms in total. The summed E-state index contributed by atoms with van der Waals surface area (Å²) in [6.45, 7) is 4.62. The first kappa shape index (κ1) is 16.1. The molecule has 0 N–H and O–H groups in total. The standard InChI is InChI=1S/C23H23NP/c1-20(24-17-18-24)19-25(21-11-5-2-6-12-21,22-13-7-3-8-14-22)23-15-9-4-10-16-23/h2-16,19H,17-18H2,1H3/q+1. The molecule has 1 aliphatic rings. The lowest BCUT2D eigenvalue weighted by atomic mass is 10.4. The maximum atomic E-state index is 2.56. The molecule has 25 heavy (non-hydrogen) atoms. The number of rotatable bonds is 5. The minimum Gasteiger partial charge on any atom is -0.369 e. The van der Waals surface area contributed by atoms with E-state index in [1.165, 1.54) is 34.7 Å². The minimum atomic E-state index is -1.83. The van der Waals surface area contributed by atoms with Gasteiger partial charge in [0.15, 0.2) is 0 Å². The largest absolute Gasteiger partial charge is 0.369 e. The van der Waals surface area contributed by atoms with Crippen molar-refractivity contribution < 1.29 is 0 Å². The topological polar surface area (TPSA) is 3.01 Å². The maximum Gasteiger partial charge on any atom is 0.138 e. The van der Waals surface area contributed by atoms with Gasteiger partial charge in [0.05, 0.1) is 5.82 Å². The molecular formula is C23H23NP+. The Kier molecular flexibility index (Phi) is 4.42. The van der Waals surface area contributed by atoms with Crippen molar-refractivity contribution >= 4 is 23.2 Å².